The Morgan fingerprint density at radius 2 is 1.81 bits per heavy atom. The van der Waals surface area contributed by atoms with Crippen LogP contribution in [0.25, 0.3) is 10.9 Å². The molecule has 1 heterocycles. The number of rotatable bonds is 9. The summed E-state index contributed by atoms with van der Waals surface area (Å²) in [6, 6.07) is 18.2. The topological polar surface area (TPSA) is 46.3 Å². The van der Waals surface area contributed by atoms with Gasteiger partial charge in [0.25, 0.3) is 0 Å². The minimum absolute atomic E-state index is 0.272. The molecule has 4 rings (SSSR count). The fourth-order valence-electron chi connectivity index (χ4n) is 3.51. The van der Waals surface area contributed by atoms with Crippen molar-refractivity contribution in [2.45, 2.75) is 19.6 Å². The SMILES string of the molecule is COc1cc(CNCCc2c[nH]c3ccccc23)c(Cl)cc1OCc1ccc(F)cc1. The van der Waals surface area contributed by atoms with E-state index in [-0.39, 0.29) is 5.82 Å². The summed E-state index contributed by atoms with van der Waals surface area (Å²) in [5.74, 6) is 0.894. The van der Waals surface area contributed by atoms with Crippen LogP contribution in [0.15, 0.2) is 66.9 Å². The number of ether oxygens (including phenoxy) is 2. The van der Waals surface area contributed by atoms with Crippen molar-refractivity contribution < 1.29 is 13.9 Å². The van der Waals surface area contributed by atoms with Gasteiger partial charge in [-0.25, -0.2) is 4.39 Å². The highest BCUT2D eigenvalue weighted by atomic mass is 35.5. The van der Waals surface area contributed by atoms with E-state index in [1.807, 2.05) is 12.1 Å². The van der Waals surface area contributed by atoms with E-state index in [0.717, 1.165) is 29.6 Å². The summed E-state index contributed by atoms with van der Waals surface area (Å²) in [5.41, 5.74) is 4.24. The van der Waals surface area contributed by atoms with Crippen molar-refractivity contribution in [2.24, 2.45) is 0 Å². The molecule has 0 radical (unpaired) electrons. The molecule has 6 heteroatoms. The number of halogens is 2. The lowest BCUT2D eigenvalue weighted by atomic mass is 10.1. The first-order chi connectivity index (χ1) is 15.1. The number of methoxy groups -OCH3 is 1. The Balaban J connectivity index is 1.35. The van der Waals surface area contributed by atoms with Gasteiger partial charge in [0.2, 0.25) is 0 Å². The highest BCUT2D eigenvalue weighted by Crippen LogP contribution is 2.34. The third-order valence-electron chi connectivity index (χ3n) is 5.20. The van der Waals surface area contributed by atoms with Crippen LogP contribution in [0.2, 0.25) is 5.02 Å². The predicted molar refractivity (Wildman–Crippen MR) is 122 cm³/mol. The van der Waals surface area contributed by atoms with Crippen molar-refractivity contribution in [3.05, 3.63) is 94.4 Å². The quantitative estimate of drug-likeness (QED) is 0.321. The summed E-state index contributed by atoms with van der Waals surface area (Å²) < 4.78 is 24.4. The molecular formula is C25H24ClFN2O2. The van der Waals surface area contributed by atoms with E-state index in [1.165, 1.54) is 23.1 Å². The largest absolute Gasteiger partial charge is 0.493 e. The van der Waals surface area contributed by atoms with Gasteiger partial charge < -0.3 is 19.8 Å². The molecule has 0 fully saturated rings. The number of hydrogen-bond acceptors (Lipinski definition) is 3. The van der Waals surface area contributed by atoms with Crippen molar-refractivity contribution in [1.29, 1.82) is 0 Å². The molecule has 1 aromatic heterocycles. The van der Waals surface area contributed by atoms with Gasteiger partial charge >= 0.3 is 0 Å². The van der Waals surface area contributed by atoms with Gasteiger partial charge in [-0.15, -0.1) is 0 Å². The van der Waals surface area contributed by atoms with Crippen LogP contribution in [0.4, 0.5) is 4.39 Å². The van der Waals surface area contributed by atoms with Crippen molar-refractivity contribution in [2.75, 3.05) is 13.7 Å². The monoisotopic (exact) mass is 438 g/mol. The highest BCUT2D eigenvalue weighted by molar-refractivity contribution is 6.31. The van der Waals surface area contributed by atoms with E-state index in [1.54, 1.807) is 25.3 Å². The van der Waals surface area contributed by atoms with Crippen molar-refractivity contribution in [3.63, 3.8) is 0 Å². The Bertz CT molecular complexity index is 1160. The van der Waals surface area contributed by atoms with Gasteiger partial charge in [0, 0.05) is 34.7 Å². The number of aromatic nitrogens is 1. The standard InChI is InChI=1S/C25H24ClFN2O2/c1-30-24-12-19(14-28-11-10-18-15-29-23-5-3-2-4-21(18)23)22(26)13-25(24)31-16-17-6-8-20(27)9-7-17/h2-9,12-13,15,28-29H,10-11,14,16H2,1H3. The zero-order chi connectivity index (χ0) is 21.6. The highest BCUT2D eigenvalue weighted by Gasteiger charge is 2.11. The van der Waals surface area contributed by atoms with Crippen LogP contribution in [-0.2, 0) is 19.6 Å². The van der Waals surface area contributed by atoms with Crippen molar-refractivity contribution >= 4 is 22.5 Å². The van der Waals surface area contributed by atoms with E-state index in [4.69, 9.17) is 21.1 Å². The molecule has 31 heavy (non-hydrogen) atoms. The molecule has 0 bridgehead atoms. The average Bonchev–Trinajstić information content (AvgIpc) is 3.20. The van der Waals surface area contributed by atoms with E-state index in [2.05, 4.69) is 34.7 Å². The lowest BCUT2D eigenvalue weighted by molar-refractivity contribution is 0.284. The first kappa shape index (κ1) is 21.2. The molecule has 0 saturated heterocycles. The predicted octanol–water partition coefficient (Wildman–Crippen LogP) is 5.88. The lowest BCUT2D eigenvalue weighted by Crippen LogP contribution is -2.17. The van der Waals surface area contributed by atoms with Gasteiger partial charge in [-0.1, -0.05) is 41.9 Å². The molecule has 4 aromatic rings. The summed E-state index contributed by atoms with van der Waals surface area (Å²) in [5, 5.41) is 5.31. The van der Waals surface area contributed by atoms with Crippen LogP contribution in [0.5, 0.6) is 11.5 Å². The smallest absolute Gasteiger partial charge is 0.163 e. The average molecular weight is 439 g/mol. The van der Waals surface area contributed by atoms with Crippen LogP contribution in [-0.4, -0.2) is 18.6 Å². The lowest BCUT2D eigenvalue weighted by Gasteiger charge is -2.14. The van der Waals surface area contributed by atoms with Crippen molar-refractivity contribution in [3.8, 4) is 11.5 Å². The van der Waals surface area contributed by atoms with Gasteiger partial charge in [-0.2, -0.15) is 0 Å². The maximum atomic E-state index is 13.1. The van der Waals surface area contributed by atoms with Gasteiger partial charge in [-0.05, 0) is 53.9 Å². The van der Waals surface area contributed by atoms with Crippen molar-refractivity contribution in [1.82, 2.24) is 10.3 Å². The summed E-state index contributed by atoms with van der Waals surface area (Å²) in [7, 11) is 1.60. The molecule has 0 aliphatic rings. The number of benzene rings is 3. The Kier molecular flexibility index (Phi) is 6.75. The van der Waals surface area contributed by atoms with Crippen LogP contribution >= 0.6 is 11.6 Å². The second-order valence-electron chi connectivity index (χ2n) is 7.30. The summed E-state index contributed by atoms with van der Waals surface area (Å²) in [6.07, 6.45) is 2.98. The third-order valence-corrected chi connectivity index (χ3v) is 5.55. The first-order valence-corrected chi connectivity index (χ1v) is 10.5. The summed E-state index contributed by atoms with van der Waals surface area (Å²) in [4.78, 5) is 3.31. The molecular weight excluding hydrogens is 415 g/mol. The third kappa shape index (κ3) is 5.19. The molecule has 3 aromatic carbocycles. The maximum Gasteiger partial charge on any atom is 0.163 e. The molecule has 0 aliphatic carbocycles. The van der Waals surface area contributed by atoms with Gasteiger partial charge in [0.05, 0.1) is 7.11 Å². The van der Waals surface area contributed by atoms with Gasteiger partial charge in [0.15, 0.2) is 11.5 Å². The maximum absolute atomic E-state index is 13.1. The van der Waals surface area contributed by atoms with Gasteiger partial charge in [-0.3, -0.25) is 0 Å². The molecule has 0 saturated carbocycles. The number of hydrogen-bond donors (Lipinski definition) is 2. The molecule has 2 N–H and O–H groups in total. The number of nitrogens with one attached hydrogen (secondary N) is 2. The summed E-state index contributed by atoms with van der Waals surface area (Å²) >= 11 is 6.49. The summed E-state index contributed by atoms with van der Waals surface area (Å²) in [6.45, 7) is 1.74. The van der Waals surface area contributed by atoms with Crippen LogP contribution in [0.3, 0.4) is 0 Å². The Labute approximate surface area is 186 Å². The second-order valence-corrected chi connectivity index (χ2v) is 7.70. The number of para-hydroxylation sites is 1. The fourth-order valence-corrected chi connectivity index (χ4v) is 3.73. The normalized spacial score (nSPS) is 11.1. The van der Waals surface area contributed by atoms with E-state index in [9.17, 15) is 4.39 Å². The number of H-pyrrole nitrogens is 1. The van der Waals surface area contributed by atoms with Gasteiger partial charge in [0.1, 0.15) is 12.4 Å². The molecule has 160 valence electrons. The molecule has 0 atom stereocenters. The molecule has 4 nitrogen and oxygen atoms in total. The Hall–Kier alpha value is -3.02. The minimum Gasteiger partial charge on any atom is -0.493 e. The van der Waals surface area contributed by atoms with Crippen LogP contribution < -0.4 is 14.8 Å². The number of fused-ring (bicyclic) bond motifs is 1. The van der Waals surface area contributed by atoms with Crippen LogP contribution in [0, 0.1) is 5.82 Å². The minimum atomic E-state index is -0.272. The zero-order valence-electron chi connectivity index (χ0n) is 17.3. The Morgan fingerprint density at radius 3 is 2.61 bits per heavy atom. The van der Waals surface area contributed by atoms with Crippen LogP contribution in [0.1, 0.15) is 16.7 Å². The van der Waals surface area contributed by atoms with E-state index >= 15 is 0 Å². The Morgan fingerprint density at radius 1 is 1.00 bits per heavy atom. The molecule has 0 amide bonds. The fraction of sp³-hybridized carbons (Fsp3) is 0.200. The molecule has 0 unspecified atom stereocenters. The van der Waals surface area contributed by atoms with E-state index < -0.39 is 0 Å². The molecule has 0 aliphatic heterocycles. The zero-order valence-corrected chi connectivity index (χ0v) is 18.0. The first-order valence-electron chi connectivity index (χ1n) is 10.1. The van der Waals surface area contributed by atoms with E-state index in [0.29, 0.717) is 29.7 Å². The molecule has 0 spiro atoms. The number of aromatic amines is 1. The second kappa shape index (κ2) is 9.86.